The quantitative estimate of drug-likeness (QED) is 0.864. The van der Waals surface area contributed by atoms with Gasteiger partial charge in [0.15, 0.2) is 0 Å². The Hall–Kier alpha value is -1.43. The monoisotopic (exact) mass is 289 g/mol. The maximum absolute atomic E-state index is 12.7. The zero-order chi connectivity index (χ0) is 14.8. The number of benzene rings is 1. The second kappa shape index (κ2) is 5.91. The first-order valence-electron chi connectivity index (χ1n) is 6.55. The molecular formula is C14H18F3NO2. The zero-order valence-electron chi connectivity index (χ0n) is 11.2. The van der Waals surface area contributed by atoms with Crippen LogP contribution in [0.5, 0.6) is 5.75 Å². The van der Waals surface area contributed by atoms with E-state index in [0.717, 1.165) is 31.4 Å². The number of nitrogen functional groups attached to an aromatic ring is 1. The molecule has 1 saturated carbocycles. The molecule has 2 rings (SSSR count). The van der Waals surface area contributed by atoms with Crippen molar-refractivity contribution in [1.29, 1.82) is 0 Å². The number of nitrogens with two attached hydrogens (primary N) is 1. The topological polar surface area (TPSA) is 44.5 Å². The highest BCUT2D eigenvalue weighted by Crippen LogP contribution is 2.34. The van der Waals surface area contributed by atoms with Gasteiger partial charge in [0.2, 0.25) is 0 Å². The van der Waals surface area contributed by atoms with Crippen molar-refractivity contribution >= 4 is 5.69 Å². The van der Waals surface area contributed by atoms with E-state index in [9.17, 15) is 13.2 Å². The molecule has 112 valence electrons. The van der Waals surface area contributed by atoms with Crippen LogP contribution in [0.3, 0.4) is 0 Å². The molecule has 1 aliphatic carbocycles. The molecule has 1 aliphatic rings. The van der Waals surface area contributed by atoms with E-state index >= 15 is 0 Å². The summed E-state index contributed by atoms with van der Waals surface area (Å²) in [7, 11) is 1.63. The lowest BCUT2D eigenvalue weighted by Gasteiger charge is -2.29. The van der Waals surface area contributed by atoms with Gasteiger partial charge in [0.25, 0.3) is 0 Å². The number of hydrogen-bond donors (Lipinski definition) is 1. The Bertz CT molecular complexity index is 462. The molecule has 0 amide bonds. The Morgan fingerprint density at radius 2 is 1.85 bits per heavy atom. The van der Waals surface area contributed by atoms with Gasteiger partial charge in [-0.3, -0.25) is 0 Å². The minimum Gasteiger partial charge on any atom is -0.490 e. The van der Waals surface area contributed by atoms with Crippen LogP contribution in [0.25, 0.3) is 0 Å². The van der Waals surface area contributed by atoms with Gasteiger partial charge in [-0.1, -0.05) is 0 Å². The normalized spacial score (nSPS) is 23.6. The lowest BCUT2D eigenvalue weighted by molar-refractivity contribution is -0.137. The van der Waals surface area contributed by atoms with E-state index in [2.05, 4.69) is 0 Å². The second-order valence-corrected chi connectivity index (χ2v) is 5.05. The van der Waals surface area contributed by atoms with Crippen molar-refractivity contribution in [3.63, 3.8) is 0 Å². The van der Waals surface area contributed by atoms with Crippen LogP contribution in [0, 0.1) is 0 Å². The molecule has 0 radical (unpaired) electrons. The molecule has 6 heteroatoms. The molecular weight excluding hydrogens is 271 g/mol. The van der Waals surface area contributed by atoms with Crippen molar-refractivity contribution in [3.8, 4) is 5.75 Å². The van der Waals surface area contributed by atoms with Gasteiger partial charge in [0.1, 0.15) is 11.9 Å². The van der Waals surface area contributed by atoms with E-state index in [1.54, 1.807) is 7.11 Å². The van der Waals surface area contributed by atoms with Gasteiger partial charge in [-0.2, -0.15) is 13.2 Å². The Labute approximate surface area is 115 Å². The fourth-order valence-electron chi connectivity index (χ4n) is 2.47. The number of anilines is 1. The highest BCUT2D eigenvalue weighted by Gasteiger charge is 2.32. The van der Waals surface area contributed by atoms with Crippen LogP contribution < -0.4 is 10.5 Å². The van der Waals surface area contributed by atoms with Crippen molar-refractivity contribution in [2.24, 2.45) is 0 Å². The summed E-state index contributed by atoms with van der Waals surface area (Å²) in [5, 5.41) is 0. The number of alkyl halides is 3. The molecule has 0 saturated heterocycles. The summed E-state index contributed by atoms with van der Waals surface area (Å²) < 4.78 is 49.1. The standard InChI is InChI=1S/C14H18F3NO2/c1-19-11-3-2-4-12(8-11)20-13-6-9(14(15,16)17)5-10(18)7-13/h5-7,11-12H,2-4,8,18H2,1H3. The van der Waals surface area contributed by atoms with E-state index < -0.39 is 11.7 Å². The van der Waals surface area contributed by atoms with Gasteiger partial charge in [-0.15, -0.1) is 0 Å². The third-order valence-electron chi connectivity index (χ3n) is 3.47. The molecule has 0 heterocycles. The summed E-state index contributed by atoms with van der Waals surface area (Å²) in [6, 6.07) is 3.32. The number of hydrogen-bond acceptors (Lipinski definition) is 3. The lowest BCUT2D eigenvalue weighted by Crippen LogP contribution is -2.29. The molecule has 2 N–H and O–H groups in total. The molecule has 1 aromatic rings. The first kappa shape index (κ1) is 15.0. The van der Waals surface area contributed by atoms with Crippen LogP contribution in [-0.4, -0.2) is 19.3 Å². The van der Waals surface area contributed by atoms with E-state index in [0.29, 0.717) is 6.42 Å². The number of ether oxygens (including phenoxy) is 2. The first-order chi connectivity index (χ1) is 9.38. The predicted octanol–water partition coefficient (Wildman–Crippen LogP) is 3.62. The van der Waals surface area contributed by atoms with E-state index in [-0.39, 0.29) is 23.6 Å². The number of methoxy groups -OCH3 is 1. The fraction of sp³-hybridized carbons (Fsp3) is 0.571. The number of halogens is 3. The average molecular weight is 289 g/mol. The van der Waals surface area contributed by atoms with Gasteiger partial charge in [-0.05, 0) is 31.4 Å². The third kappa shape index (κ3) is 3.79. The van der Waals surface area contributed by atoms with Crippen LogP contribution in [0.1, 0.15) is 31.2 Å². The minimum atomic E-state index is -4.42. The maximum Gasteiger partial charge on any atom is 0.416 e. The van der Waals surface area contributed by atoms with Crippen molar-refractivity contribution in [3.05, 3.63) is 23.8 Å². The molecule has 2 unspecified atom stereocenters. The van der Waals surface area contributed by atoms with Gasteiger partial charge in [0, 0.05) is 25.3 Å². The van der Waals surface area contributed by atoms with Gasteiger partial charge in [0.05, 0.1) is 11.7 Å². The van der Waals surface area contributed by atoms with Gasteiger partial charge >= 0.3 is 6.18 Å². The van der Waals surface area contributed by atoms with E-state index in [1.807, 2.05) is 0 Å². The zero-order valence-corrected chi connectivity index (χ0v) is 11.2. The lowest BCUT2D eigenvalue weighted by atomic mass is 9.95. The van der Waals surface area contributed by atoms with E-state index in [4.69, 9.17) is 15.2 Å². The Balaban J connectivity index is 2.11. The van der Waals surface area contributed by atoms with Crippen molar-refractivity contribution in [1.82, 2.24) is 0 Å². The Morgan fingerprint density at radius 3 is 2.50 bits per heavy atom. The highest BCUT2D eigenvalue weighted by atomic mass is 19.4. The Kier molecular flexibility index (Phi) is 4.42. The minimum absolute atomic E-state index is 0.0499. The molecule has 1 fully saturated rings. The van der Waals surface area contributed by atoms with Crippen LogP contribution in [0.2, 0.25) is 0 Å². The summed E-state index contributed by atoms with van der Waals surface area (Å²) in [4.78, 5) is 0. The molecule has 2 atom stereocenters. The van der Waals surface area contributed by atoms with Crippen LogP contribution in [0.4, 0.5) is 18.9 Å². The van der Waals surface area contributed by atoms with Gasteiger partial charge in [-0.25, -0.2) is 0 Å². The van der Waals surface area contributed by atoms with Crippen molar-refractivity contribution < 1.29 is 22.6 Å². The molecule has 1 aromatic carbocycles. The molecule has 0 bridgehead atoms. The van der Waals surface area contributed by atoms with Crippen LogP contribution >= 0.6 is 0 Å². The second-order valence-electron chi connectivity index (χ2n) is 5.05. The fourth-order valence-corrected chi connectivity index (χ4v) is 2.47. The van der Waals surface area contributed by atoms with Crippen molar-refractivity contribution in [2.75, 3.05) is 12.8 Å². The highest BCUT2D eigenvalue weighted by molar-refractivity contribution is 5.48. The number of rotatable bonds is 3. The van der Waals surface area contributed by atoms with Gasteiger partial charge < -0.3 is 15.2 Å². The molecule has 0 spiro atoms. The summed E-state index contributed by atoms with van der Waals surface area (Å²) in [5.74, 6) is 0.166. The summed E-state index contributed by atoms with van der Waals surface area (Å²) in [6.07, 6.45) is -1.04. The predicted molar refractivity (Wildman–Crippen MR) is 69.5 cm³/mol. The molecule has 0 aliphatic heterocycles. The smallest absolute Gasteiger partial charge is 0.416 e. The first-order valence-corrected chi connectivity index (χ1v) is 6.55. The summed E-state index contributed by atoms with van der Waals surface area (Å²) in [5.41, 5.74) is 4.77. The van der Waals surface area contributed by atoms with Crippen LogP contribution in [-0.2, 0) is 10.9 Å². The molecule has 20 heavy (non-hydrogen) atoms. The third-order valence-corrected chi connectivity index (χ3v) is 3.47. The maximum atomic E-state index is 12.7. The average Bonchev–Trinajstić information content (AvgIpc) is 2.37. The summed E-state index contributed by atoms with van der Waals surface area (Å²) >= 11 is 0. The Morgan fingerprint density at radius 1 is 1.15 bits per heavy atom. The summed E-state index contributed by atoms with van der Waals surface area (Å²) in [6.45, 7) is 0. The van der Waals surface area contributed by atoms with Crippen LogP contribution in [0.15, 0.2) is 18.2 Å². The van der Waals surface area contributed by atoms with E-state index in [1.165, 1.54) is 6.07 Å². The van der Waals surface area contributed by atoms with Crippen molar-refractivity contribution in [2.45, 2.75) is 44.1 Å². The molecule has 3 nitrogen and oxygen atoms in total. The SMILES string of the molecule is COC1CCCC(Oc2cc(N)cc(C(F)(F)F)c2)C1. The largest absolute Gasteiger partial charge is 0.490 e. The molecule has 0 aromatic heterocycles.